The summed E-state index contributed by atoms with van der Waals surface area (Å²) in [4.78, 5) is 1.48. The third-order valence-electron chi connectivity index (χ3n) is 3.64. The first-order chi connectivity index (χ1) is 9.85. The van der Waals surface area contributed by atoms with E-state index >= 15 is 0 Å². The fourth-order valence-corrected chi connectivity index (χ4v) is 3.75. The molecule has 0 amide bonds. The Hall–Kier alpha value is -1.12. The lowest BCUT2D eigenvalue weighted by atomic mass is 10.1. The number of rotatable bonds is 9. The highest BCUT2D eigenvalue weighted by Gasteiger charge is 2.13. The van der Waals surface area contributed by atoms with Crippen LogP contribution in [0.1, 0.15) is 49.9 Å². The minimum absolute atomic E-state index is 0.515. The maximum absolute atomic E-state index is 3.78. The van der Waals surface area contributed by atoms with Gasteiger partial charge in [0, 0.05) is 15.6 Å². The molecule has 0 saturated carbocycles. The van der Waals surface area contributed by atoms with Gasteiger partial charge < -0.3 is 5.32 Å². The van der Waals surface area contributed by atoms with Gasteiger partial charge in [-0.2, -0.15) is 0 Å². The monoisotopic (exact) mass is 287 g/mol. The molecule has 0 bridgehead atoms. The Balaban J connectivity index is 1.98. The number of thiophene rings is 1. The number of hydrogen-bond acceptors (Lipinski definition) is 2. The lowest BCUT2D eigenvalue weighted by Gasteiger charge is -2.16. The van der Waals surface area contributed by atoms with Crippen LogP contribution in [-0.2, 0) is 0 Å². The minimum atomic E-state index is 0.515. The summed E-state index contributed by atoms with van der Waals surface area (Å²) in [6.07, 6.45) is 8.27. The van der Waals surface area contributed by atoms with E-state index in [1.54, 1.807) is 0 Å². The number of hydrogen-bond donors (Lipinski definition) is 1. The average molecular weight is 287 g/mol. The Morgan fingerprint density at radius 2 is 2.10 bits per heavy atom. The van der Waals surface area contributed by atoms with Crippen molar-refractivity contribution in [2.24, 2.45) is 0 Å². The molecule has 1 atom stereocenters. The van der Waals surface area contributed by atoms with Gasteiger partial charge in [0.15, 0.2) is 0 Å². The van der Waals surface area contributed by atoms with Crippen molar-refractivity contribution < 1.29 is 0 Å². The molecule has 0 aliphatic heterocycles. The van der Waals surface area contributed by atoms with Gasteiger partial charge in [-0.3, -0.25) is 0 Å². The van der Waals surface area contributed by atoms with Crippen LogP contribution in [0.5, 0.6) is 0 Å². The quantitative estimate of drug-likeness (QED) is 0.461. The maximum atomic E-state index is 3.78. The molecule has 108 valence electrons. The predicted molar refractivity (Wildman–Crippen MR) is 91.5 cm³/mol. The molecular weight excluding hydrogens is 262 g/mol. The van der Waals surface area contributed by atoms with E-state index in [1.165, 1.54) is 40.6 Å². The lowest BCUT2D eigenvalue weighted by molar-refractivity contribution is 0.490. The topological polar surface area (TPSA) is 12.0 Å². The van der Waals surface area contributed by atoms with Crippen molar-refractivity contribution in [3.8, 4) is 0 Å². The Bertz CT molecular complexity index is 496. The van der Waals surface area contributed by atoms with E-state index in [9.17, 15) is 0 Å². The molecule has 0 spiro atoms. The summed E-state index contributed by atoms with van der Waals surface area (Å²) >= 11 is 1.93. The molecule has 0 radical (unpaired) electrons. The van der Waals surface area contributed by atoms with Gasteiger partial charge in [0.25, 0.3) is 0 Å². The van der Waals surface area contributed by atoms with E-state index in [0.29, 0.717) is 6.04 Å². The first-order valence-corrected chi connectivity index (χ1v) is 8.49. The van der Waals surface area contributed by atoms with Gasteiger partial charge in [0.05, 0.1) is 0 Å². The van der Waals surface area contributed by atoms with Gasteiger partial charge in [0.2, 0.25) is 0 Å². The van der Waals surface area contributed by atoms with Crippen molar-refractivity contribution in [2.75, 3.05) is 6.54 Å². The SMILES string of the molecule is C=CCCCCCC(NCC)c1cc2ccccc2s1. The summed E-state index contributed by atoms with van der Waals surface area (Å²) < 4.78 is 1.40. The van der Waals surface area contributed by atoms with E-state index in [-0.39, 0.29) is 0 Å². The highest BCUT2D eigenvalue weighted by Crippen LogP contribution is 2.32. The molecule has 1 heterocycles. The fraction of sp³-hybridized carbons (Fsp3) is 0.444. The summed E-state index contributed by atoms with van der Waals surface area (Å²) in [6.45, 7) is 7.01. The molecule has 2 rings (SSSR count). The third-order valence-corrected chi connectivity index (χ3v) is 4.87. The Morgan fingerprint density at radius 1 is 1.25 bits per heavy atom. The second kappa shape index (κ2) is 8.23. The van der Waals surface area contributed by atoms with Crippen molar-refractivity contribution >= 4 is 21.4 Å². The number of benzene rings is 1. The molecule has 1 aromatic carbocycles. The molecule has 1 unspecified atom stereocenters. The molecule has 1 aromatic heterocycles. The van der Waals surface area contributed by atoms with E-state index in [2.05, 4.69) is 49.2 Å². The van der Waals surface area contributed by atoms with Crippen molar-refractivity contribution in [1.82, 2.24) is 5.32 Å². The van der Waals surface area contributed by atoms with Crippen LogP contribution >= 0.6 is 11.3 Å². The zero-order chi connectivity index (χ0) is 14.2. The van der Waals surface area contributed by atoms with Crippen molar-refractivity contribution in [1.29, 1.82) is 0 Å². The highest BCUT2D eigenvalue weighted by atomic mass is 32.1. The van der Waals surface area contributed by atoms with Gasteiger partial charge in [-0.1, -0.05) is 44.0 Å². The lowest BCUT2D eigenvalue weighted by Crippen LogP contribution is -2.19. The summed E-state index contributed by atoms with van der Waals surface area (Å²) in [5.74, 6) is 0. The number of nitrogens with one attached hydrogen (secondary N) is 1. The average Bonchev–Trinajstić information content (AvgIpc) is 2.89. The number of allylic oxidation sites excluding steroid dienone is 1. The zero-order valence-corrected chi connectivity index (χ0v) is 13.2. The standard InChI is InChI=1S/C18H25NS/c1-3-5-6-7-8-12-16(19-4-2)18-14-15-11-9-10-13-17(15)20-18/h3,9-11,13-14,16,19H,1,4-8,12H2,2H3. The van der Waals surface area contributed by atoms with Gasteiger partial charge in [-0.15, -0.1) is 17.9 Å². The van der Waals surface area contributed by atoms with Crippen LogP contribution < -0.4 is 5.32 Å². The zero-order valence-electron chi connectivity index (χ0n) is 12.4. The largest absolute Gasteiger partial charge is 0.310 e. The van der Waals surface area contributed by atoms with Crippen LogP contribution in [0.25, 0.3) is 10.1 Å². The van der Waals surface area contributed by atoms with Crippen LogP contribution in [-0.4, -0.2) is 6.54 Å². The second-order valence-electron chi connectivity index (χ2n) is 5.22. The number of unbranched alkanes of at least 4 members (excludes halogenated alkanes) is 3. The summed E-state index contributed by atoms with van der Waals surface area (Å²) in [5.41, 5.74) is 0. The van der Waals surface area contributed by atoms with Crippen LogP contribution in [0.3, 0.4) is 0 Å². The van der Waals surface area contributed by atoms with Crippen LogP contribution in [0.2, 0.25) is 0 Å². The van der Waals surface area contributed by atoms with E-state index in [4.69, 9.17) is 0 Å². The normalized spacial score (nSPS) is 12.7. The molecule has 2 heteroatoms. The predicted octanol–water partition coefficient (Wildman–Crippen LogP) is 5.69. The summed E-state index contributed by atoms with van der Waals surface area (Å²) in [7, 11) is 0. The summed E-state index contributed by atoms with van der Waals surface area (Å²) in [6, 6.07) is 11.5. The molecule has 2 aromatic rings. The van der Waals surface area contributed by atoms with Crippen molar-refractivity contribution in [2.45, 2.75) is 45.1 Å². The van der Waals surface area contributed by atoms with Crippen molar-refractivity contribution in [3.63, 3.8) is 0 Å². The highest BCUT2D eigenvalue weighted by molar-refractivity contribution is 7.19. The Morgan fingerprint density at radius 3 is 2.85 bits per heavy atom. The van der Waals surface area contributed by atoms with E-state index in [1.807, 2.05) is 17.4 Å². The van der Waals surface area contributed by atoms with Crippen LogP contribution in [0.4, 0.5) is 0 Å². The van der Waals surface area contributed by atoms with E-state index < -0.39 is 0 Å². The van der Waals surface area contributed by atoms with Gasteiger partial charge in [0.1, 0.15) is 0 Å². The molecule has 0 saturated heterocycles. The molecular formula is C18H25NS. The van der Waals surface area contributed by atoms with E-state index in [0.717, 1.165) is 13.0 Å². The Kier molecular flexibility index (Phi) is 6.28. The third kappa shape index (κ3) is 4.19. The fourth-order valence-electron chi connectivity index (χ4n) is 2.58. The van der Waals surface area contributed by atoms with Crippen LogP contribution in [0, 0.1) is 0 Å². The van der Waals surface area contributed by atoms with Gasteiger partial charge in [-0.25, -0.2) is 0 Å². The summed E-state index contributed by atoms with van der Waals surface area (Å²) in [5, 5.41) is 5.02. The smallest absolute Gasteiger partial charge is 0.0415 e. The minimum Gasteiger partial charge on any atom is -0.310 e. The molecule has 1 N–H and O–H groups in total. The van der Waals surface area contributed by atoms with Gasteiger partial charge >= 0.3 is 0 Å². The van der Waals surface area contributed by atoms with Crippen molar-refractivity contribution in [3.05, 3.63) is 47.9 Å². The molecule has 0 fully saturated rings. The Labute approximate surface area is 126 Å². The molecule has 0 aliphatic rings. The molecule has 0 aliphatic carbocycles. The first-order valence-electron chi connectivity index (χ1n) is 7.68. The van der Waals surface area contributed by atoms with Gasteiger partial charge in [-0.05, 0) is 43.3 Å². The number of fused-ring (bicyclic) bond motifs is 1. The van der Waals surface area contributed by atoms with Crippen LogP contribution in [0.15, 0.2) is 43.0 Å². The molecule has 1 nitrogen and oxygen atoms in total. The molecule has 20 heavy (non-hydrogen) atoms. The maximum Gasteiger partial charge on any atom is 0.0415 e. The first kappa shape index (κ1) is 15.3. The second-order valence-corrected chi connectivity index (χ2v) is 6.34.